The van der Waals surface area contributed by atoms with Crippen LogP contribution < -0.4 is 5.14 Å². The number of nitrogens with zero attached hydrogens (tertiary/aromatic N) is 1. The second-order valence-corrected chi connectivity index (χ2v) is 7.69. The van der Waals surface area contributed by atoms with Crippen molar-refractivity contribution in [3.05, 3.63) is 34.3 Å². The third-order valence-electron chi connectivity index (χ3n) is 3.32. The fourth-order valence-electron chi connectivity index (χ4n) is 2.47. The molecule has 1 aliphatic rings. The molecule has 1 unspecified atom stereocenters. The largest absolute Gasteiger partial charge is 0.342 e. The molecule has 1 heterocycles. The van der Waals surface area contributed by atoms with Crippen LogP contribution in [-0.4, -0.2) is 38.1 Å². The zero-order valence-electron chi connectivity index (χ0n) is 11.0. The summed E-state index contributed by atoms with van der Waals surface area (Å²) in [6.07, 6.45) is 1.03. The van der Waals surface area contributed by atoms with Crippen molar-refractivity contribution in [2.75, 3.05) is 18.8 Å². The third-order valence-corrected chi connectivity index (χ3v) is 4.75. The summed E-state index contributed by atoms with van der Waals surface area (Å²) in [5, 5.41) is 5.03. The standard InChI is InChI=1S/C13H17BrN2O3S/c14-12-3-1-2-10(6-12)4-5-16-8-11(7-13(16)17)9-20(15,18)19/h1-3,6,11H,4-5,7-9H2,(H2,15,18,19). The van der Waals surface area contributed by atoms with Gasteiger partial charge in [0, 0.05) is 29.9 Å². The van der Waals surface area contributed by atoms with E-state index in [-0.39, 0.29) is 24.0 Å². The molecule has 1 aromatic carbocycles. The van der Waals surface area contributed by atoms with E-state index in [0.29, 0.717) is 13.1 Å². The Kier molecular flexibility index (Phi) is 4.82. The highest BCUT2D eigenvalue weighted by molar-refractivity contribution is 9.10. The van der Waals surface area contributed by atoms with Gasteiger partial charge in [-0.1, -0.05) is 28.1 Å². The summed E-state index contributed by atoms with van der Waals surface area (Å²) in [6, 6.07) is 7.93. The zero-order chi connectivity index (χ0) is 14.8. The van der Waals surface area contributed by atoms with Crippen molar-refractivity contribution < 1.29 is 13.2 Å². The van der Waals surface area contributed by atoms with Crippen LogP contribution in [0.2, 0.25) is 0 Å². The van der Waals surface area contributed by atoms with Crippen LogP contribution in [0, 0.1) is 5.92 Å². The van der Waals surface area contributed by atoms with Gasteiger partial charge in [-0.25, -0.2) is 13.6 Å². The fourth-order valence-corrected chi connectivity index (χ4v) is 3.79. The number of halogens is 1. The van der Waals surface area contributed by atoms with Gasteiger partial charge in [0.25, 0.3) is 0 Å². The maximum Gasteiger partial charge on any atom is 0.222 e. The van der Waals surface area contributed by atoms with Crippen molar-refractivity contribution in [1.82, 2.24) is 4.90 Å². The van der Waals surface area contributed by atoms with Gasteiger partial charge in [0.15, 0.2) is 0 Å². The number of nitrogens with two attached hydrogens (primary N) is 1. The van der Waals surface area contributed by atoms with E-state index >= 15 is 0 Å². The van der Waals surface area contributed by atoms with Gasteiger partial charge in [0.1, 0.15) is 0 Å². The summed E-state index contributed by atoms with van der Waals surface area (Å²) in [5.41, 5.74) is 1.14. The lowest BCUT2D eigenvalue weighted by Gasteiger charge is -2.16. The Morgan fingerprint density at radius 3 is 2.80 bits per heavy atom. The van der Waals surface area contributed by atoms with Crippen molar-refractivity contribution in [1.29, 1.82) is 0 Å². The molecule has 0 bridgehead atoms. The van der Waals surface area contributed by atoms with E-state index in [2.05, 4.69) is 15.9 Å². The van der Waals surface area contributed by atoms with E-state index in [9.17, 15) is 13.2 Å². The second kappa shape index (κ2) is 6.24. The molecule has 2 rings (SSSR count). The predicted octanol–water partition coefficient (Wildman–Crippen LogP) is 1.13. The normalized spacial score (nSPS) is 19.6. The van der Waals surface area contributed by atoms with E-state index in [4.69, 9.17) is 5.14 Å². The molecule has 1 aromatic rings. The second-order valence-electron chi connectivity index (χ2n) is 5.12. The third kappa shape index (κ3) is 4.57. The van der Waals surface area contributed by atoms with E-state index in [1.165, 1.54) is 0 Å². The van der Waals surface area contributed by atoms with Crippen LogP contribution in [0.5, 0.6) is 0 Å². The van der Waals surface area contributed by atoms with E-state index < -0.39 is 10.0 Å². The van der Waals surface area contributed by atoms with Crippen LogP contribution in [-0.2, 0) is 21.2 Å². The Balaban J connectivity index is 1.89. The first-order valence-corrected chi connectivity index (χ1v) is 8.87. The highest BCUT2D eigenvalue weighted by Crippen LogP contribution is 2.20. The Morgan fingerprint density at radius 2 is 2.15 bits per heavy atom. The Labute approximate surface area is 127 Å². The van der Waals surface area contributed by atoms with Gasteiger partial charge in [-0.05, 0) is 24.1 Å². The minimum Gasteiger partial charge on any atom is -0.342 e. The predicted molar refractivity (Wildman–Crippen MR) is 80.5 cm³/mol. The molecular weight excluding hydrogens is 344 g/mol. The first-order chi connectivity index (χ1) is 9.33. The highest BCUT2D eigenvalue weighted by Gasteiger charge is 2.31. The lowest BCUT2D eigenvalue weighted by molar-refractivity contribution is -0.127. The first kappa shape index (κ1) is 15.5. The number of carbonyl (C=O) groups excluding carboxylic acids is 1. The average molecular weight is 361 g/mol. The fraction of sp³-hybridized carbons (Fsp3) is 0.462. The molecule has 1 saturated heterocycles. The Bertz CT molecular complexity index is 603. The molecule has 1 atom stereocenters. The lowest BCUT2D eigenvalue weighted by atomic mass is 10.1. The molecule has 110 valence electrons. The molecular formula is C13H17BrN2O3S. The molecule has 2 N–H and O–H groups in total. The smallest absolute Gasteiger partial charge is 0.222 e. The molecule has 0 aromatic heterocycles. The number of sulfonamides is 1. The van der Waals surface area contributed by atoms with Gasteiger partial charge in [0.05, 0.1) is 5.75 Å². The van der Waals surface area contributed by atoms with Gasteiger partial charge in [-0.2, -0.15) is 0 Å². The van der Waals surface area contributed by atoms with Gasteiger partial charge in [-0.3, -0.25) is 4.79 Å². The minimum atomic E-state index is -3.51. The Morgan fingerprint density at radius 1 is 1.40 bits per heavy atom. The van der Waals surface area contributed by atoms with Crippen LogP contribution in [0.25, 0.3) is 0 Å². The summed E-state index contributed by atoms with van der Waals surface area (Å²) in [7, 11) is -3.51. The molecule has 20 heavy (non-hydrogen) atoms. The summed E-state index contributed by atoms with van der Waals surface area (Å²) < 4.78 is 23.1. The topological polar surface area (TPSA) is 80.5 Å². The molecule has 1 amide bonds. The van der Waals surface area contributed by atoms with Gasteiger partial charge >= 0.3 is 0 Å². The SMILES string of the molecule is NS(=O)(=O)CC1CC(=O)N(CCc2cccc(Br)c2)C1. The summed E-state index contributed by atoms with van der Waals surface area (Å²) in [4.78, 5) is 13.6. The minimum absolute atomic E-state index is 0.00801. The molecule has 7 heteroatoms. The van der Waals surface area contributed by atoms with Gasteiger partial charge in [0.2, 0.25) is 15.9 Å². The number of amides is 1. The van der Waals surface area contributed by atoms with E-state index in [0.717, 1.165) is 16.5 Å². The molecule has 1 aliphatic heterocycles. The monoisotopic (exact) mass is 360 g/mol. The maximum atomic E-state index is 11.8. The highest BCUT2D eigenvalue weighted by atomic mass is 79.9. The van der Waals surface area contributed by atoms with Gasteiger partial charge < -0.3 is 4.90 Å². The van der Waals surface area contributed by atoms with Crippen molar-refractivity contribution in [2.45, 2.75) is 12.8 Å². The van der Waals surface area contributed by atoms with Crippen molar-refractivity contribution >= 4 is 31.9 Å². The molecule has 0 saturated carbocycles. The number of hydrogen-bond acceptors (Lipinski definition) is 3. The van der Waals surface area contributed by atoms with Crippen LogP contribution in [0.15, 0.2) is 28.7 Å². The van der Waals surface area contributed by atoms with Gasteiger partial charge in [-0.15, -0.1) is 0 Å². The van der Waals surface area contributed by atoms with E-state index in [1.54, 1.807) is 4.90 Å². The molecule has 5 nitrogen and oxygen atoms in total. The number of hydrogen-bond donors (Lipinski definition) is 1. The number of likely N-dealkylation sites (tertiary alicyclic amines) is 1. The van der Waals surface area contributed by atoms with Crippen LogP contribution >= 0.6 is 15.9 Å². The van der Waals surface area contributed by atoms with Crippen LogP contribution in [0.4, 0.5) is 0 Å². The summed E-state index contributed by atoms with van der Waals surface area (Å²) in [6.45, 7) is 1.08. The molecule has 0 radical (unpaired) electrons. The van der Waals surface area contributed by atoms with Crippen LogP contribution in [0.3, 0.4) is 0 Å². The number of benzene rings is 1. The summed E-state index contributed by atoms with van der Waals surface area (Å²) >= 11 is 3.41. The number of primary sulfonamides is 1. The lowest BCUT2D eigenvalue weighted by Crippen LogP contribution is -2.29. The van der Waals surface area contributed by atoms with Crippen molar-refractivity contribution in [2.24, 2.45) is 11.1 Å². The number of carbonyl (C=O) groups is 1. The van der Waals surface area contributed by atoms with Crippen molar-refractivity contribution in [3.8, 4) is 0 Å². The van der Waals surface area contributed by atoms with Crippen LogP contribution in [0.1, 0.15) is 12.0 Å². The number of rotatable bonds is 5. The summed E-state index contributed by atoms with van der Waals surface area (Å²) in [5.74, 6) is -0.291. The maximum absolute atomic E-state index is 11.8. The quantitative estimate of drug-likeness (QED) is 0.854. The molecule has 1 fully saturated rings. The average Bonchev–Trinajstić information content (AvgIpc) is 2.64. The van der Waals surface area contributed by atoms with E-state index in [1.807, 2.05) is 24.3 Å². The first-order valence-electron chi connectivity index (χ1n) is 6.36. The van der Waals surface area contributed by atoms with Crippen molar-refractivity contribution in [3.63, 3.8) is 0 Å². The zero-order valence-corrected chi connectivity index (χ0v) is 13.4. The molecule has 0 aliphatic carbocycles. The Hall–Kier alpha value is -0.920. The molecule has 0 spiro atoms.